The largest absolute Gasteiger partial charge is 0.478 e. The number of hydrogen-bond donors (Lipinski definition) is 1. The summed E-state index contributed by atoms with van der Waals surface area (Å²) in [5.74, 6) is -1.11. The molecule has 2 aromatic heterocycles. The van der Waals surface area contributed by atoms with Crippen molar-refractivity contribution in [1.29, 1.82) is 0 Å². The number of pyridine rings is 1. The Bertz CT molecular complexity index is 849. The highest BCUT2D eigenvalue weighted by Gasteiger charge is 2.32. The van der Waals surface area contributed by atoms with Crippen LogP contribution in [0.4, 0.5) is 5.69 Å². The molecular weight excluding hydrogens is 352 g/mol. The predicted molar refractivity (Wildman–Crippen MR) is 80.6 cm³/mol. The third-order valence-corrected chi connectivity index (χ3v) is 6.49. The number of fused-ring (bicyclic) bond motifs is 1. The van der Waals surface area contributed by atoms with E-state index in [0.29, 0.717) is 4.34 Å². The predicted octanol–water partition coefficient (Wildman–Crippen LogP) is 2.08. The monoisotopic (exact) mass is 360 g/mol. The number of halogens is 1. The highest BCUT2D eigenvalue weighted by Crippen LogP contribution is 2.36. The summed E-state index contributed by atoms with van der Waals surface area (Å²) in [4.78, 5) is 14.9. The molecule has 0 amide bonds. The minimum absolute atomic E-state index is 0.0651. The Morgan fingerprint density at radius 1 is 1.45 bits per heavy atom. The van der Waals surface area contributed by atoms with Crippen LogP contribution >= 0.6 is 22.9 Å². The normalized spacial score (nSPS) is 14.3. The van der Waals surface area contributed by atoms with Gasteiger partial charge in [0.15, 0.2) is 0 Å². The fourth-order valence-electron chi connectivity index (χ4n) is 1.99. The van der Waals surface area contributed by atoms with Crippen molar-refractivity contribution in [2.75, 3.05) is 17.5 Å². The molecule has 0 unspecified atom stereocenters. The minimum atomic E-state index is -3.84. The van der Waals surface area contributed by atoms with Gasteiger partial charge >= 0.3 is 5.97 Å². The van der Waals surface area contributed by atoms with Gasteiger partial charge in [0.05, 0.1) is 16.4 Å². The number of hydrogen-bond acceptors (Lipinski definition) is 6. The zero-order valence-electron chi connectivity index (χ0n) is 10.9. The van der Waals surface area contributed by atoms with Crippen molar-refractivity contribution in [3.05, 3.63) is 34.3 Å². The summed E-state index contributed by atoms with van der Waals surface area (Å²) >= 11 is 6.72. The van der Waals surface area contributed by atoms with Crippen LogP contribution in [0.15, 0.2) is 28.6 Å². The lowest BCUT2D eigenvalue weighted by Gasteiger charge is -2.29. The van der Waals surface area contributed by atoms with Crippen LogP contribution in [0.3, 0.4) is 0 Å². The number of carbonyl (C=O) groups is 1. The third kappa shape index (κ3) is 2.51. The fourth-order valence-corrected chi connectivity index (χ4v) is 5.02. The van der Waals surface area contributed by atoms with Gasteiger partial charge in [-0.3, -0.25) is 4.31 Å². The van der Waals surface area contributed by atoms with E-state index in [1.54, 1.807) is 0 Å². The number of anilines is 1. The highest BCUT2D eigenvalue weighted by atomic mass is 35.5. The fraction of sp³-hybridized carbons (Fsp3) is 0.167. The van der Waals surface area contributed by atoms with Crippen molar-refractivity contribution in [1.82, 2.24) is 4.98 Å². The minimum Gasteiger partial charge on any atom is -0.478 e. The first-order valence-corrected chi connectivity index (χ1v) is 8.67. The van der Waals surface area contributed by atoms with E-state index in [1.165, 1.54) is 18.2 Å². The number of ether oxygens (including phenoxy) is 1. The second kappa shape index (κ2) is 5.41. The Morgan fingerprint density at radius 3 is 2.86 bits per heavy atom. The van der Waals surface area contributed by atoms with Crippen molar-refractivity contribution in [2.24, 2.45) is 0 Å². The van der Waals surface area contributed by atoms with Gasteiger partial charge < -0.3 is 9.84 Å². The Labute approximate surface area is 134 Å². The first-order chi connectivity index (χ1) is 10.4. The Kier molecular flexibility index (Phi) is 3.71. The van der Waals surface area contributed by atoms with E-state index in [1.807, 2.05) is 0 Å². The van der Waals surface area contributed by atoms with Gasteiger partial charge in [0, 0.05) is 6.20 Å². The van der Waals surface area contributed by atoms with Crippen molar-refractivity contribution >= 4 is 44.6 Å². The summed E-state index contributed by atoms with van der Waals surface area (Å²) in [6.45, 7) is 0.195. The number of carboxylic acid groups (broad SMARTS) is 1. The molecule has 3 rings (SSSR count). The second-order valence-electron chi connectivity index (χ2n) is 4.34. The van der Waals surface area contributed by atoms with Crippen molar-refractivity contribution in [3.63, 3.8) is 0 Å². The van der Waals surface area contributed by atoms with Crippen molar-refractivity contribution < 1.29 is 23.1 Å². The molecule has 0 saturated heterocycles. The average molecular weight is 361 g/mol. The summed E-state index contributed by atoms with van der Waals surface area (Å²) in [5.41, 5.74) is -0.00988. The van der Waals surface area contributed by atoms with Gasteiger partial charge in [0.2, 0.25) is 5.88 Å². The molecule has 7 nitrogen and oxygen atoms in total. The van der Waals surface area contributed by atoms with E-state index in [9.17, 15) is 13.2 Å². The van der Waals surface area contributed by atoms with E-state index < -0.39 is 16.0 Å². The molecule has 1 aliphatic heterocycles. The quantitative estimate of drug-likeness (QED) is 0.900. The van der Waals surface area contributed by atoms with Gasteiger partial charge in [0.25, 0.3) is 10.0 Å². The number of rotatable bonds is 3. The zero-order chi connectivity index (χ0) is 15.9. The third-order valence-electron chi connectivity index (χ3n) is 2.97. The number of carboxylic acids is 1. The Morgan fingerprint density at radius 2 is 2.23 bits per heavy atom. The number of thiophene rings is 1. The van der Waals surface area contributed by atoms with Crippen LogP contribution in [-0.4, -0.2) is 37.6 Å². The van der Waals surface area contributed by atoms with Gasteiger partial charge in [-0.05, 0) is 18.2 Å². The van der Waals surface area contributed by atoms with Gasteiger partial charge in [-0.25, -0.2) is 18.2 Å². The highest BCUT2D eigenvalue weighted by molar-refractivity contribution is 7.94. The molecule has 1 aliphatic rings. The maximum Gasteiger partial charge on any atom is 0.337 e. The Hall–Kier alpha value is -1.84. The molecule has 0 fully saturated rings. The zero-order valence-corrected chi connectivity index (χ0v) is 13.3. The molecule has 0 aromatic carbocycles. The molecule has 22 heavy (non-hydrogen) atoms. The molecule has 2 aromatic rings. The lowest BCUT2D eigenvalue weighted by atomic mass is 10.2. The Balaban J connectivity index is 2.11. The van der Waals surface area contributed by atoms with Crippen LogP contribution in [0.1, 0.15) is 10.4 Å². The van der Waals surface area contributed by atoms with E-state index in [-0.39, 0.29) is 34.5 Å². The standard InChI is InChI=1S/C12H9ClN2O5S2/c13-9-1-2-10(21-9)22(18,19)15-3-4-20-11-8(15)5-7(6-14-11)12(16)17/h1-2,5-6H,3-4H2,(H,16,17). The molecule has 3 heterocycles. The summed E-state index contributed by atoms with van der Waals surface area (Å²) in [5, 5.41) is 9.03. The van der Waals surface area contributed by atoms with Crippen molar-refractivity contribution in [2.45, 2.75) is 4.21 Å². The summed E-state index contributed by atoms with van der Waals surface area (Å²) in [7, 11) is -3.84. The topological polar surface area (TPSA) is 96.8 Å². The molecule has 116 valence electrons. The number of sulfonamides is 1. The lowest BCUT2D eigenvalue weighted by molar-refractivity contribution is 0.0696. The van der Waals surface area contributed by atoms with Gasteiger partial charge in [-0.15, -0.1) is 11.3 Å². The van der Waals surface area contributed by atoms with E-state index >= 15 is 0 Å². The molecule has 0 atom stereocenters. The maximum atomic E-state index is 12.7. The van der Waals surface area contributed by atoms with E-state index in [2.05, 4.69) is 4.98 Å². The molecule has 0 bridgehead atoms. The van der Waals surface area contributed by atoms with Gasteiger partial charge in [-0.2, -0.15) is 0 Å². The molecule has 10 heteroatoms. The molecule has 1 N–H and O–H groups in total. The second-order valence-corrected chi connectivity index (χ2v) is 8.14. The summed E-state index contributed by atoms with van der Waals surface area (Å²) in [6.07, 6.45) is 1.12. The summed E-state index contributed by atoms with van der Waals surface area (Å²) < 4.78 is 32.2. The number of aromatic carboxylic acids is 1. The molecular formula is C12H9ClN2O5S2. The van der Waals surface area contributed by atoms with E-state index in [4.69, 9.17) is 21.4 Å². The van der Waals surface area contributed by atoms with Gasteiger partial charge in [-0.1, -0.05) is 11.6 Å². The molecule has 0 saturated carbocycles. The first kappa shape index (κ1) is 15.1. The van der Waals surface area contributed by atoms with Crippen LogP contribution in [-0.2, 0) is 10.0 Å². The molecule has 0 radical (unpaired) electrons. The van der Waals surface area contributed by atoms with Crippen LogP contribution in [0.25, 0.3) is 0 Å². The van der Waals surface area contributed by atoms with Crippen LogP contribution in [0.5, 0.6) is 5.88 Å². The van der Waals surface area contributed by atoms with Gasteiger partial charge in [0.1, 0.15) is 16.5 Å². The average Bonchev–Trinajstić information content (AvgIpc) is 2.93. The lowest BCUT2D eigenvalue weighted by Crippen LogP contribution is -2.38. The first-order valence-electron chi connectivity index (χ1n) is 6.04. The van der Waals surface area contributed by atoms with Crippen LogP contribution < -0.4 is 9.04 Å². The van der Waals surface area contributed by atoms with Crippen molar-refractivity contribution in [3.8, 4) is 5.88 Å². The smallest absolute Gasteiger partial charge is 0.337 e. The van der Waals surface area contributed by atoms with Crippen LogP contribution in [0.2, 0.25) is 4.34 Å². The number of aromatic nitrogens is 1. The molecule has 0 spiro atoms. The SMILES string of the molecule is O=C(O)c1cnc2c(c1)N(S(=O)(=O)c1ccc(Cl)s1)CCO2. The summed E-state index contributed by atoms with van der Waals surface area (Å²) in [6, 6.07) is 4.13. The van der Waals surface area contributed by atoms with E-state index in [0.717, 1.165) is 21.8 Å². The van der Waals surface area contributed by atoms with Crippen LogP contribution in [0, 0.1) is 0 Å². The maximum absolute atomic E-state index is 12.7. The molecule has 0 aliphatic carbocycles. The number of nitrogens with zero attached hydrogens (tertiary/aromatic N) is 2.